The molecule has 0 spiro atoms. The highest BCUT2D eigenvalue weighted by atomic mass is 35.5. The summed E-state index contributed by atoms with van der Waals surface area (Å²) in [7, 11) is 0. The molecule has 6 heteroatoms. The summed E-state index contributed by atoms with van der Waals surface area (Å²) >= 11 is 11.7. The second kappa shape index (κ2) is 6.98. The van der Waals surface area contributed by atoms with E-state index in [2.05, 4.69) is 16.7 Å². The Bertz CT molecular complexity index is 690. The van der Waals surface area contributed by atoms with Gasteiger partial charge in [0.05, 0.1) is 17.8 Å². The third-order valence-corrected chi connectivity index (χ3v) is 3.07. The van der Waals surface area contributed by atoms with Crippen LogP contribution in [0.4, 0.5) is 11.4 Å². The molecule has 0 aliphatic carbocycles. The molecule has 0 unspecified atom stereocenters. The molecule has 0 fully saturated rings. The average Bonchev–Trinajstić information content (AvgIpc) is 2.44. The quantitative estimate of drug-likeness (QED) is 0.897. The number of nitrogens with zero attached hydrogens (tertiary/aromatic N) is 1. The SMILES string of the molecule is N#Cc1ccccc1NCC(=O)Nc1cc(Cl)cc(Cl)c1. The Morgan fingerprint density at radius 3 is 2.48 bits per heavy atom. The third-order valence-electron chi connectivity index (χ3n) is 2.63. The fraction of sp³-hybridized carbons (Fsp3) is 0.0667. The van der Waals surface area contributed by atoms with Gasteiger partial charge >= 0.3 is 0 Å². The molecular weight excluding hydrogens is 309 g/mol. The van der Waals surface area contributed by atoms with Gasteiger partial charge in [0, 0.05) is 15.7 Å². The number of halogens is 2. The molecule has 0 atom stereocenters. The second-order valence-electron chi connectivity index (χ2n) is 4.22. The minimum absolute atomic E-state index is 0.0306. The molecule has 0 heterocycles. The minimum Gasteiger partial charge on any atom is -0.375 e. The highest BCUT2D eigenvalue weighted by Crippen LogP contribution is 2.22. The number of nitriles is 1. The van der Waals surface area contributed by atoms with Crippen LogP contribution in [0, 0.1) is 11.3 Å². The fourth-order valence-electron chi connectivity index (χ4n) is 1.74. The van der Waals surface area contributed by atoms with Gasteiger partial charge in [-0.25, -0.2) is 0 Å². The minimum atomic E-state index is -0.263. The van der Waals surface area contributed by atoms with E-state index in [1.165, 1.54) is 0 Å². The summed E-state index contributed by atoms with van der Waals surface area (Å²) in [6, 6.07) is 13.8. The van der Waals surface area contributed by atoms with Gasteiger partial charge < -0.3 is 10.6 Å². The first kappa shape index (κ1) is 15.2. The molecule has 1 amide bonds. The zero-order chi connectivity index (χ0) is 15.2. The number of carbonyl (C=O) groups excluding carboxylic acids is 1. The van der Waals surface area contributed by atoms with Crippen molar-refractivity contribution >= 4 is 40.5 Å². The van der Waals surface area contributed by atoms with E-state index in [1.807, 2.05) is 0 Å². The molecule has 21 heavy (non-hydrogen) atoms. The highest BCUT2D eigenvalue weighted by Gasteiger charge is 2.06. The lowest BCUT2D eigenvalue weighted by Crippen LogP contribution is -2.22. The number of para-hydroxylation sites is 1. The van der Waals surface area contributed by atoms with Gasteiger partial charge in [0.2, 0.25) is 5.91 Å². The standard InChI is InChI=1S/C15H11Cl2N3O/c16-11-5-12(17)7-13(6-11)20-15(21)9-19-14-4-2-1-3-10(14)8-18/h1-7,19H,9H2,(H,20,21). The van der Waals surface area contributed by atoms with E-state index >= 15 is 0 Å². The van der Waals surface area contributed by atoms with Crippen LogP contribution in [0.2, 0.25) is 10.0 Å². The van der Waals surface area contributed by atoms with Crippen LogP contribution in [0.15, 0.2) is 42.5 Å². The molecule has 2 N–H and O–H groups in total. The number of rotatable bonds is 4. The summed E-state index contributed by atoms with van der Waals surface area (Å²) in [5.41, 5.74) is 1.61. The number of amides is 1. The van der Waals surface area contributed by atoms with Crippen molar-refractivity contribution < 1.29 is 4.79 Å². The van der Waals surface area contributed by atoms with Crippen LogP contribution in [-0.4, -0.2) is 12.5 Å². The summed E-state index contributed by atoms with van der Waals surface area (Å²) in [6.45, 7) is 0.0306. The van der Waals surface area contributed by atoms with E-state index in [1.54, 1.807) is 42.5 Å². The van der Waals surface area contributed by atoms with Gasteiger partial charge in [-0.1, -0.05) is 35.3 Å². The van der Waals surface area contributed by atoms with Crippen molar-refractivity contribution in [3.8, 4) is 6.07 Å². The monoisotopic (exact) mass is 319 g/mol. The molecule has 2 aromatic rings. The van der Waals surface area contributed by atoms with Crippen molar-refractivity contribution in [3.63, 3.8) is 0 Å². The maximum Gasteiger partial charge on any atom is 0.243 e. The molecule has 0 radical (unpaired) electrons. The fourth-order valence-corrected chi connectivity index (χ4v) is 2.27. The summed E-state index contributed by atoms with van der Waals surface area (Å²) in [4.78, 5) is 11.9. The number of anilines is 2. The number of benzene rings is 2. The van der Waals surface area contributed by atoms with Crippen LogP contribution in [-0.2, 0) is 4.79 Å². The highest BCUT2D eigenvalue weighted by molar-refractivity contribution is 6.35. The van der Waals surface area contributed by atoms with Crippen molar-refractivity contribution in [3.05, 3.63) is 58.1 Å². The van der Waals surface area contributed by atoms with Gasteiger partial charge in [0.25, 0.3) is 0 Å². The smallest absolute Gasteiger partial charge is 0.243 e. The first-order valence-corrected chi connectivity index (χ1v) is 6.83. The van der Waals surface area contributed by atoms with Gasteiger partial charge in [-0.2, -0.15) is 5.26 Å². The molecule has 0 aliphatic heterocycles. The van der Waals surface area contributed by atoms with Crippen LogP contribution in [0.1, 0.15) is 5.56 Å². The summed E-state index contributed by atoms with van der Waals surface area (Å²) < 4.78 is 0. The Kier molecular flexibility index (Phi) is 5.04. The molecule has 0 aromatic heterocycles. The van der Waals surface area contributed by atoms with Crippen molar-refractivity contribution in [2.45, 2.75) is 0 Å². The summed E-state index contributed by atoms with van der Waals surface area (Å²) in [5.74, 6) is -0.263. The first-order valence-electron chi connectivity index (χ1n) is 6.07. The van der Waals surface area contributed by atoms with Crippen LogP contribution in [0.25, 0.3) is 0 Å². The number of hydrogen-bond acceptors (Lipinski definition) is 3. The van der Waals surface area contributed by atoms with Crippen molar-refractivity contribution in [1.82, 2.24) is 0 Å². The number of hydrogen-bond donors (Lipinski definition) is 2. The van der Waals surface area contributed by atoms with Gasteiger partial charge in [0.1, 0.15) is 6.07 Å². The molecule has 0 aliphatic rings. The molecule has 2 rings (SSSR count). The average molecular weight is 320 g/mol. The van der Waals surface area contributed by atoms with Gasteiger partial charge in [-0.05, 0) is 30.3 Å². The van der Waals surface area contributed by atoms with Gasteiger partial charge in [-0.3, -0.25) is 4.79 Å². The lowest BCUT2D eigenvalue weighted by molar-refractivity contribution is -0.114. The molecule has 2 aromatic carbocycles. The Morgan fingerprint density at radius 2 is 1.81 bits per heavy atom. The molecule has 0 saturated carbocycles. The topological polar surface area (TPSA) is 64.9 Å². The van der Waals surface area contributed by atoms with Crippen molar-refractivity contribution in [2.24, 2.45) is 0 Å². The first-order chi connectivity index (χ1) is 10.1. The van der Waals surface area contributed by atoms with E-state index in [4.69, 9.17) is 28.5 Å². The van der Waals surface area contributed by atoms with E-state index in [0.717, 1.165) is 0 Å². The lowest BCUT2D eigenvalue weighted by Gasteiger charge is -2.09. The third kappa shape index (κ3) is 4.38. The predicted molar refractivity (Wildman–Crippen MR) is 84.7 cm³/mol. The summed E-state index contributed by atoms with van der Waals surface area (Å²) in [5, 5.41) is 15.4. The van der Waals surface area contributed by atoms with Crippen molar-refractivity contribution in [1.29, 1.82) is 5.26 Å². The number of carbonyl (C=O) groups is 1. The second-order valence-corrected chi connectivity index (χ2v) is 5.09. The van der Waals surface area contributed by atoms with E-state index in [-0.39, 0.29) is 12.5 Å². The predicted octanol–water partition coefficient (Wildman–Crippen LogP) is 3.92. The van der Waals surface area contributed by atoms with E-state index in [0.29, 0.717) is 27.0 Å². The Balaban J connectivity index is 1.98. The largest absolute Gasteiger partial charge is 0.375 e. The molecule has 0 saturated heterocycles. The van der Waals surface area contributed by atoms with Gasteiger partial charge in [-0.15, -0.1) is 0 Å². The Morgan fingerprint density at radius 1 is 1.14 bits per heavy atom. The van der Waals surface area contributed by atoms with Crippen LogP contribution < -0.4 is 10.6 Å². The maximum absolute atomic E-state index is 11.9. The molecule has 106 valence electrons. The lowest BCUT2D eigenvalue weighted by atomic mass is 10.2. The van der Waals surface area contributed by atoms with E-state index < -0.39 is 0 Å². The zero-order valence-corrected chi connectivity index (χ0v) is 12.4. The number of nitrogens with one attached hydrogen (secondary N) is 2. The summed E-state index contributed by atoms with van der Waals surface area (Å²) in [6.07, 6.45) is 0. The van der Waals surface area contributed by atoms with Crippen molar-refractivity contribution in [2.75, 3.05) is 17.2 Å². The van der Waals surface area contributed by atoms with Crippen LogP contribution in [0.3, 0.4) is 0 Å². The molecular formula is C15H11Cl2N3O. The van der Waals surface area contributed by atoms with Crippen LogP contribution >= 0.6 is 23.2 Å². The Labute approximate surface area is 132 Å². The normalized spacial score (nSPS) is 9.76. The molecule has 0 bridgehead atoms. The molecule has 4 nitrogen and oxygen atoms in total. The van der Waals surface area contributed by atoms with E-state index in [9.17, 15) is 4.79 Å². The Hall–Kier alpha value is -2.22. The maximum atomic E-state index is 11.9. The van der Waals surface area contributed by atoms with Gasteiger partial charge in [0.15, 0.2) is 0 Å². The zero-order valence-electron chi connectivity index (χ0n) is 10.9. The van der Waals surface area contributed by atoms with Crippen LogP contribution in [0.5, 0.6) is 0 Å².